The van der Waals surface area contributed by atoms with Crippen molar-refractivity contribution in [3.63, 3.8) is 0 Å². The first-order valence-electron chi connectivity index (χ1n) is 15.0. The van der Waals surface area contributed by atoms with Crippen molar-refractivity contribution in [1.82, 2.24) is 14.9 Å². The van der Waals surface area contributed by atoms with Crippen molar-refractivity contribution in [2.45, 2.75) is 89.8 Å². The molecule has 0 atom stereocenters. The molecule has 0 unspecified atom stereocenters. The molecule has 1 saturated heterocycles. The lowest BCUT2D eigenvalue weighted by molar-refractivity contribution is -0.138. The minimum Gasteiger partial charge on any atom is -0.389 e. The zero-order valence-corrected chi connectivity index (χ0v) is 25.6. The molecule has 2 aromatic carbocycles. The van der Waals surface area contributed by atoms with Gasteiger partial charge in [-0.1, -0.05) is 24.3 Å². The summed E-state index contributed by atoms with van der Waals surface area (Å²) < 4.78 is 41.8. The molecule has 9 heteroatoms. The second-order valence-electron chi connectivity index (χ2n) is 13.3. The maximum atomic E-state index is 13.9. The van der Waals surface area contributed by atoms with Crippen molar-refractivity contribution < 1.29 is 23.1 Å². The molecule has 2 heterocycles. The number of rotatable bonds is 8. The summed E-state index contributed by atoms with van der Waals surface area (Å²) in [5.41, 5.74) is 3.56. The molecule has 1 aliphatic heterocycles. The van der Waals surface area contributed by atoms with Crippen LogP contribution in [0.4, 0.5) is 24.8 Å². The normalized spacial score (nSPS) is 17.7. The van der Waals surface area contributed by atoms with Gasteiger partial charge in [-0.15, -0.1) is 0 Å². The number of hydrogen-bond acceptors (Lipinski definition) is 6. The maximum Gasteiger partial charge on any atom is 0.419 e. The molecule has 1 aromatic heterocycles. The lowest BCUT2D eigenvalue weighted by atomic mass is 9.81. The minimum absolute atomic E-state index is 0.0664. The molecule has 1 aliphatic carbocycles. The standard InChI is InChI=1S/C34H41F3N4O2/c1-21-17-25(10-11-26(21)22-13-15-41(16-14-22)20-32(2,3)43)39-31-38-19-27(34(35,36)37)28(40-31)12-9-23-7-6-8-24-18-29(42)33(4,5)30(23)24/h6-8,10-11,17,19,22,43H,9,12-16,18,20H2,1-5H3,(H,38,39,40). The van der Waals surface area contributed by atoms with Gasteiger partial charge in [0.2, 0.25) is 5.95 Å². The monoisotopic (exact) mass is 594 g/mol. The number of nitrogens with one attached hydrogen (secondary N) is 1. The number of aliphatic hydroxyl groups is 1. The number of halogens is 3. The molecule has 0 saturated carbocycles. The Balaban J connectivity index is 1.31. The first-order valence-corrected chi connectivity index (χ1v) is 15.0. The van der Waals surface area contributed by atoms with E-state index in [-0.39, 0.29) is 23.8 Å². The van der Waals surface area contributed by atoms with E-state index in [1.165, 1.54) is 5.56 Å². The predicted molar refractivity (Wildman–Crippen MR) is 162 cm³/mol. The van der Waals surface area contributed by atoms with E-state index in [0.29, 0.717) is 31.0 Å². The van der Waals surface area contributed by atoms with E-state index in [2.05, 4.69) is 26.3 Å². The quantitative estimate of drug-likeness (QED) is 0.303. The molecule has 6 nitrogen and oxygen atoms in total. The minimum atomic E-state index is -4.58. The van der Waals surface area contributed by atoms with Gasteiger partial charge in [0.05, 0.1) is 16.9 Å². The van der Waals surface area contributed by atoms with E-state index in [0.717, 1.165) is 54.4 Å². The summed E-state index contributed by atoms with van der Waals surface area (Å²) in [5, 5.41) is 13.3. The topological polar surface area (TPSA) is 78.4 Å². The molecule has 2 aliphatic rings. The molecule has 230 valence electrons. The third-order valence-corrected chi connectivity index (χ3v) is 8.88. The van der Waals surface area contributed by atoms with Crippen molar-refractivity contribution in [1.29, 1.82) is 0 Å². The van der Waals surface area contributed by atoms with Crippen LogP contribution in [0.1, 0.15) is 85.5 Å². The van der Waals surface area contributed by atoms with Crippen LogP contribution >= 0.6 is 0 Å². The summed E-state index contributed by atoms with van der Waals surface area (Å²) in [6.07, 6.45) is -0.960. The summed E-state index contributed by atoms with van der Waals surface area (Å²) in [4.78, 5) is 23.2. The highest BCUT2D eigenvalue weighted by Crippen LogP contribution is 2.39. The zero-order valence-electron chi connectivity index (χ0n) is 25.6. The Kier molecular flexibility index (Phi) is 8.44. The number of ketones is 1. The Morgan fingerprint density at radius 3 is 2.47 bits per heavy atom. The second kappa shape index (κ2) is 11.7. The summed E-state index contributed by atoms with van der Waals surface area (Å²) in [7, 11) is 0. The first kappa shape index (κ1) is 31.1. The van der Waals surface area contributed by atoms with Crippen LogP contribution in [0.3, 0.4) is 0 Å². The molecule has 1 fully saturated rings. The number of hydrogen-bond donors (Lipinski definition) is 2. The summed E-state index contributed by atoms with van der Waals surface area (Å²) >= 11 is 0. The van der Waals surface area contributed by atoms with Gasteiger partial charge >= 0.3 is 6.18 Å². The number of aromatic nitrogens is 2. The highest BCUT2D eigenvalue weighted by molar-refractivity contribution is 5.96. The fraction of sp³-hybridized carbons (Fsp3) is 0.500. The van der Waals surface area contributed by atoms with Crippen LogP contribution in [0.25, 0.3) is 0 Å². The Morgan fingerprint density at radius 2 is 1.81 bits per heavy atom. The molecule has 0 spiro atoms. The van der Waals surface area contributed by atoms with E-state index in [4.69, 9.17) is 0 Å². The van der Waals surface area contributed by atoms with Gasteiger partial charge in [0.15, 0.2) is 0 Å². The number of anilines is 2. The van der Waals surface area contributed by atoms with Gasteiger partial charge in [-0.3, -0.25) is 4.79 Å². The number of Topliss-reactive ketones (excluding diaryl/α,β-unsaturated/α-hetero) is 1. The largest absolute Gasteiger partial charge is 0.419 e. The van der Waals surface area contributed by atoms with Gasteiger partial charge in [-0.25, -0.2) is 9.97 Å². The molecular weight excluding hydrogens is 553 g/mol. The number of β-amino-alcohol motifs (C(OH)–C–C–N with tert-alkyl or cyclic N) is 1. The second-order valence-corrected chi connectivity index (χ2v) is 13.3. The van der Waals surface area contributed by atoms with Gasteiger partial charge in [0.25, 0.3) is 0 Å². The molecule has 2 N–H and O–H groups in total. The van der Waals surface area contributed by atoms with Crippen LogP contribution in [0.5, 0.6) is 0 Å². The molecular formula is C34H41F3N4O2. The van der Waals surface area contributed by atoms with Crippen LogP contribution in [0.15, 0.2) is 42.6 Å². The van der Waals surface area contributed by atoms with Crippen LogP contribution in [0, 0.1) is 6.92 Å². The molecule has 0 radical (unpaired) electrons. The molecule has 3 aromatic rings. The van der Waals surface area contributed by atoms with Crippen molar-refractivity contribution in [3.8, 4) is 0 Å². The molecule has 43 heavy (non-hydrogen) atoms. The van der Waals surface area contributed by atoms with Gasteiger partial charge in [0.1, 0.15) is 5.78 Å². The summed E-state index contributed by atoms with van der Waals surface area (Å²) in [5.74, 6) is 0.654. The van der Waals surface area contributed by atoms with Crippen LogP contribution in [0.2, 0.25) is 0 Å². The number of likely N-dealkylation sites (tertiary alicyclic amines) is 1. The highest BCUT2D eigenvalue weighted by Gasteiger charge is 2.40. The number of carbonyl (C=O) groups is 1. The van der Waals surface area contributed by atoms with E-state index in [9.17, 15) is 23.1 Å². The third kappa shape index (κ3) is 6.93. The number of aryl methyl sites for hydroxylation is 3. The lowest BCUT2D eigenvalue weighted by Crippen LogP contribution is -2.42. The smallest absolute Gasteiger partial charge is 0.389 e. The SMILES string of the molecule is Cc1cc(Nc2ncc(C(F)(F)F)c(CCc3cccc4c3C(C)(C)C(=O)C4)n2)ccc1C1CCN(CC(C)(C)O)CC1. The molecule has 0 amide bonds. The van der Waals surface area contributed by atoms with E-state index in [1.54, 1.807) is 0 Å². The van der Waals surface area contributed by atoms with Crippen LogP contribution < -0.4 is 5.32 Å². The molecule has 5 rings (SSSR count). The number of alkyl halides is 3. The Bertz CT molecular complexity index is 1500. The number of fused-ring (bicyclic) bond motifs is 1. The number of piperidine rings is 1. The Hall–Kier alpha value is -3.30. The third-order valence-electron chi connectivity index (χ3n) is 8.88. The van der Waals surface area contributed by atoms with E-state index >= 15 is 0 Å². The van der Waals surface area contributed by atoms with Crippen molar-refractivity contribution in [3.05, 3.63) is 81.7 Å². The fourth-order valence-electron chi connectivity index (χ4n) is 6.79. The van der Waals surface area contributed by atoms with E-state index < -0.39 is 22.8 Å². The van der Waals surface area contributed by atoms with Gasteiger partial charge in [0, 0.05) is 30.3 Å². The van der Waals surface area contributed by atoms with Crippen LogP contribution in [-0.2, 0) is 35.6 Å². The Labute approximate surface area is 251 Å². The number of nitrogens with zero attached hydrogens (tertiary/aromatic N) is 3. The van der Waals surface area contributed by atoms with Gasteiger partial charge < -0.3 is 15.3 Å². The number of benzene rings is 2. The lowest BCUT2D eigenvalue weighted by Gasteiger charge is -2.36. The predicted octanol–water partition coefficient (Wildman–Crippen LogP) is 6.69. The van der Waals surface area contributed by atoms with Gasteiger partial charge in [-0.05, 0) is 119 Å². The van der Waals surface area contributed by atoms with Gasteiger partial charge in [-0.2, -0.15) is 13.2 Å². The van der Waals surface area contributed by atoms with Crippen molar-refractivity contribution in [2.24, 2.45) is 0 Å². The summed E-state index contributed by atoms with van der Waals surface area (Å²) in [6.45, 7) is 12.0. The summed E-state index contributed by atoms with van der Waals surface area (Å²) in [6, 6.07) is 11.7. The zero-order chi connectivity index (χ0) is 31.2. The van der Waals surface area contributed by atoms with Crippen molar-refractivity contribution in [2.75, 3.05) is 25.0 Å². The highest BCUT2D eigenvalue weighted by atomic mass is 19.4. The van der Waals surface area contributed by atoms with Crippen molar-refractivity contribution >= 4 is 17.4 Å². The van der Waals surface area contributed by atoms with E-state index in [1.807, 2.05) is 65.0 Å². The average Bonchev–Trinajstić information content (AvgIpc) is 3.15. The molecule has 0 bridgehead atoms. The van der Waals surface area contributed by atoms with Crippen LogP contribution in [-0.4, -0.2) is 51.0 Å². The number of carbonyl (C=O) groups excluding carboxylic acids is 1. The Morgan fingerprint density at radius 1 is 1.09 bits per heavy atom. The average molecular weight is 595 g/mol. The maximum absolute atomic E-state index is 13.9. The fourth-order valence-corrected chi connectivity index (χ4v) is 6.79. The first-order chi connectivity index (χ1) is 20.1.